The lowest BCUT2D eigenvalue weighted by Gasteiger charge is -2.06. The Morgan fingerprint density at radius 1 is 1.14 bits per heavy atom. The fourth-order valence-electron chi connectivity index (χ4n) is 1.67. The zero-order valence-corrected chi connectivity index (χ0v) is 14.1. The Morgan fingerprint density at radius 2 is 1.82 bits per heavy atom. The van der Waals surface area contributed by atoms with Crippen LogP contribution in [0, 0.1) is 0 Å². The summed E-state index contributed by atoms with van der Waals surface area (Å²) in [4.78, 5) is 34.7. The molecule has 0 saturated carbocycles. The molecule has 1 N–H and O–H groups in total. The topological polar surface area (TPSA) is 72.5 Å². The minimum Gasteiger partial charge on any atom is -0.456 e. The second kappa shape index (κ2) is 10.1. The maximum atomic E-state index is 11.9. The summed E-state index contributed by atoms with van der Waals surface area (Å²) in [6, 6.07) is 6.93. The van der Waals surface area contributed by atoms with E-state index in [0.717, 1.165) is 17.3 Å². The highest BCUT2D eigenvalue weighted by molar-refractivity contribution is 9.10. The summed E-state index contributed by atoms with van der Waals surface area (Å²) in [6.45, 7) is 2.30. The zero-order valence-electron chi connectivity index (χ0n) is 12.6. The van der Waals surface area contributed by atoms with E-state index < -0.39 is 5.97 Å². The largest absolute Gasteiger partial charge is 0.456 e. The van der Waals surface area contributed by atoms with E-state index in [0.29, 0.717) is 12.1 Å². The molecule has 6 heteroatoms. The van der Waals surface area contributed by atoms with Gasteiger partial charge in [-0.25, -0.2) is 0 Å². The van der Waals surface area contributed by atoms with Gasteiger partial charge in [-0.3, -0.25) is 14.4 Å². The number of carbonyl (C=O) groups excluding carboxylic acids is 3. The van der Waals surface area contributed by atoms with Crippen LogP contribution in [0.5, 0.6) is 0 Å². The van der Waals surface area contributed by atoms with Crippen molar-refractivity contribution < 1.29 is 19.1 Å². The molecule has 0 atom stereocenters. The van der Waals surface area contributed by atoms with Crippen molar-refractivity contribution in [3.8, 4) is 0 Å². The normalized spacial score (nSPS) is 10.1. The number of ether oxygens (including phenoxy) is 1. The molecule has 1 amide bonds. The molecule has 0 heterocycles. The van der Waals surface area contributed by atoms with Gasteiger partial charge in [-0.2, -0.15) is 0 Å². The van der Waals surface area contributed by atoms with Gasteiger partial charge in [0.1, 0.15) is 0 Å². The van der Waals surface area contributed by atoms with Gasteiger partial charge in [-0.1, -0.05) is 41.4 Å². The molecular weight excluding hydrogens is 350 g/mol. The SMILES string of the molecule is CCCCNC(=O)COC(=O)CCC(=O)c1ccc(Br)cc1. The molecule has 0 unspecified atom stereocenters. The molecule has 22 heavy (non-hydrogen) atoms. The van der Waals surface area contributed by atoms with Gasteiger partial charge in [0.05, 0.1) is 6.42 Å². The average molecular weight is 370 g/mol. The molecule has 1 aromatic carbocycles. The maximum absolute atomic E-state index is 11.9. The van der Waals surface area contributed by atoms with Crippen LogP contribution in [0.4, 0.5) is 0 Å². The number of hydrogen-bond acceptors (Lipinski definition) is 4. The van der Waals surface area contributed by atoms with Gasteiger partial charge in [-0.15, -0.1) is 0 Å². The minimum atomic E-state index is -0.545. The molecule has 120 valence electrons. The van der Waals surface area contributed by atoms with Crippen molar-refractivity contribution in [1.29, 1.82) is 0 Å². The summed E-state index contributed by atoms with van der Waals surface area (Å²) in [6.07, 6.45) is 1.91. The van der Waals surface area contributed by atoms with Gasteiger partial charge in [0.25, 0.3) is 5.91 Å². The first-order chi connectivity index (χ1) is 10.5. The summed E-state index contributed by atoms with van der Waals surface area (Å²) in [7, 11) is 0. The Labute approximate surface area is 138 Å². The quantitative estimate of drug-likeness (QED) is 0.412. The maximum Gasteiger partial charge on any atom is 0.306 e. The lowest BCUT2D eigenvalue weighted by atomic mass is 10.1. The van der Waals surface area contributed by atoms with Crippen LogP contribution in [0.25, 0.3) is 0 Å². The number of hydrogen-bond donors (Lipinski definition) is 1. The number of nitrogens with one attached hydrogen (secondary N) is 1. The number of rotatable bonds is 9. The third kappa shape index (κ3) is 7.36. The molecule has 0 aliphatic rings. The number of esters is 1. The van der Waals surface area contributed by atoms with E-state index >= 15 is 0 Å². The van der Waals surface area contributed by atoms with Crippen LogP contribution in [0.3, 0.4) is 0 Å². The molecule has 0 fully saturated rings. The van der Waals surface area contributed by atoms with Crippen molar-refractivity contribution in [1.82, 2.24) is 5.32 Å². The Kier molecular flexibility index (Phi) is 8.43. The fourth-order valence-corrected chi connectivity index (χ4v) is 1.93. The summed E-state index contributed by atoms with van der Waals surface area (Å²) >= 11 is 3.29. The van der Waals surface area contributed by atoms with Crippen molar-refractivity contribution in [3.63, 3.8) is 0 Å². The van der Waals surface area contributed by atoms with Gasteiger partial charge >= 0.3 is 5.97 Å². The van der Waals surface area contributed by atoms with Crippen molar-refractivity contribution in [3.05, 3.63) is 34.3 Å². The van der Waals surface area contributed by atoms with E-state index in [4.69, 9.17) is 4.74 Å². The molecule has 0 aliphatic carbocycles. The van der Waals surface area contributed by atoms with E-state index in [-0.39, 0.29) is 31.1 Å². The molecule has 1 rings (SSSR count). The number of halogens is 1. The van der Waals surface area contributed by atoms with Gasteiger partial charge < -0.3 is 10.1 Å². The summed E-state index contributed by atoms with van der Waals surface area (Å²) in [5, 5.41) is 2.65. The number of benzene rings is 1. The second-order valence-electron chi connectivity index (χ2n) is 4.79. The summed E-state index contributed by atoms with van der Waals surface area (Å²) in [5.74, 6) is -0.992. The predicted molar refractivity (Wildman–Crippen MR) is 86.6 cm³/mol. The van der Waals surface area contributed by atoms with Crippen LogP contribution >= 0.6 is 15.9 Å². The monoisotopic (exact) mass is 369 g/mol. The van der Waals surface area contributed by atoms with Crippen LogP contribution in [-0.2, 0) is 14.3 Å². The number of Topliss-reactive ketones (excluding diaryl/α,β-unsaturated/α-hetero) is 1. The first kappa shape index (κ1) is 18.4. The van der Waals surface area contributed by atoms with Gasteiger partial charge in [0, 0.05) is 23.0 Å². The third-order valence-electron chi connectivity index (χ3n) is 2.94. The van der Waals surface area contributed by atoms with Crippen molar-refractivity contribution >= 4 is 33.6 Å². The first-order valence-corrected chi connectivity index (χ1v) is 8.03. The highest BCUT2D eigenvalue weighted by Crippen LogP contribution is 2.12. The third-order valence-corrected chi connectivity index (χ3v) is 3.47. The molecular formula is C16H20BrNO4. The second-order valence-corrected chi connectivity index (χ2v) is 5.71. The van der Waals surface area contributed by atoms with E-state index in [1.165, 1.54) is 0 Å². The van der Waals surface area contributed by atoms with Crippen molar-refractivity contribution in [2.24, 2.45) is 0 Å². The Hall–Kier alpha value is -1.69. The van der Waals surface area contributed by atoms with E-state index in [9.17, 15) is 14.4 Å². The molecule has 0 radical (unpaired) electrons. The molecule has 0 saturated heterocycles. The summed E-state index contributed by atoms with van der Waals surface area (Å²) in [5.41, 5.74) is 0.549. The first-order valence-electron chi connectivity index (χ1n) is 7.24. The van der Waals surface area contributed by atoms with E-state index in [2.05, 4.69) is 21.2 Å². The van der Waals surface area contributed by atoms with Crippen LogP contribution in [0.15, 0.2) is 28.7 Å². The zero-order chi connectivity index (χ0) is 16.4. The van der Waals surface area contributed by atoms with Crippen molar-refractivity contribution in [2.45, 2.75) is 32.6 Å². The average Bonchev–Trinajstić information content (AvgIpc) is 2.51. The molecule has 0 spiro atoms. The highest BCUT2D eigenvalue weighted by Gasteiger charge is 2.11. The highest BCUT2D eigenvalue weighted by atomic mass is 79.9. The van der Waals surface area contributed by atoms with Gasteiger partial charge in [-0.05, 0) is 18.6 Å². The number of unbranched alkanes of at least 4 members (excludes halogenated alkanes) is 1. The van der Waals surface area contributed by atoms with Crippen LogP contribution in [0.2, 0.25) is 0 Å². The minimum absolute atomic E-state index is 0.0306. The smallest absolute Gasteiger partial charge is 0.306 e. The Balaban J connectivity index is 2.24. The van der Waals surface area contributed by atoms with Crippen LogP contribution in [-0.4, -0.2) is 30.8 Å². The Bertz CT molecular complexity index is 513. The fraction of sp³-hybridized carbons (Fsp3) is 0.438. The molecule has 0 aliphatic heterocycles. The van der Waals surface area contributed by atoms with E-state index in [1.807, 2.05) is 6.92 Å². The van der Waals surface area contributed by atoms with Crippen LogP contribution < -0.4 is 5.32 Å². The lowest BCUT2D eigenvalue weighted by Crippen LogP contribution is -2.29. The van der Waals surface area contributed by atoms with Gasteiger partial charge in [0.2, 0.25) is 0 Å². The summed E-state index contributed by atoms with van der Waals surface area (Å²) < 4.78 is 5.72. The van der Waals surface area contributed by atoms with Crippen molar-refractivity contribution in [2.75, 3.05) is 13.2 Å². The lowest BCUT2D eigenvalue weighted by molar-refractivity contribution is -0.148. The predicted octanol–water partition coefficient (Wildman–Crippen LogP) is 2.87. The number of amides is 1. The standard InChI is InChI=1S/C16H20BrNO4/c1-2-3-10-18-15(20)11-22-16(21)9-8-14(19)12-4-6-13(17)7-5-12/h4-7H,2-3,8-11H2,1H3,(H,18,20). The van der Waals surface area contributed by atoms with Gasteiger partial charge in [0.15, 0.2) is 12.4 Å². The molecule has 0 bridgehead atoms. The number of carbonyl (C=O) groups is 3. The van der Waals surface area contributed by atoms with E-state index in [1.54, 1.807) is 24.3 Å². The molecule has 1 aromatic rings. The number of ketones is 1. The molecule has 5 nitrogen and oxygen atoms in total. The Morgan fingerprint density at radius 3 is 2.45 bits per heavy atom. The van der Waals surface area contributed by atoms with Crippen LogP contribution in [0.1, 0.15) is 43.0 Å². The molecule has 0 aromatic heterocycles.